The van der Waals surface area contributed by atoms with Crippen LogP contribution in [-0.2, 0) is 9.47 Å². The fourth-order valence-corrected chi connectivity index (χ4v) is 6.03. The van der Waals surface area contributed by atoms with Crippen molar-refractivity contribution >= 4 is 0 Å². The molecule has 32 heavy (non-hydrogen) atoms. The first-order chi connectivity index (χ1) is 15.1. The quantitative estimate of drug-likeness (QED) is 0.430. The molecule has 0 spiro atoms. The molecule has 0 aromatic rings. The number of allylic oxidation sites excluding steroid dienone is 1. The molecular weight excluding hydrogens is 402 g/mol. The molecule has 1 aliphatic carbocycles. The van der Waals surface area contributed by atoms with E-state index in [1.54, 1.807) is 0 Å². The predicted molar refractivity (Wildman–Crippen MR) is 129 cm³/mol. The summed E-state index contributed by atoms with van der Waals surface area (Å²) in [6.07, 6.45) is 13.4. The highest BCUT2D eigenvalue weighted by Crippen LogP contribution is 2.48. The minimum Gasteiger partial charge on any atom is -0.498 e. The van der Waals surface area contributed by atoms with E-state index in [-0.39, 0.29) is 28.8 Å². The third-order valence-corrected chi connectivity index (χ3v) is 8.90. The van der Waals surface area contributed by atoms with Crippen LogP contribution in [0.15, 0.2) is 24.2 Å². The van der Waals surface area contributed by atoms with Crippen LogP contribution in [-0.4, -0.2) is 40.1 Å². The van der Waals surface area contributed by atoms with Crippen molar-refractivity contribution in [2.75, 3.05) is 6.61 Å². The zero-order valence-corrected chi connectivity index (χ0v) is 21.4. The summed E-state index contributed by atoms with van der Waals surface area (Å²) >= 11 is 0. The number of hydrogen-bond acceptors (Lipinski definition) is 6. The lowest BCUT2D eigenvalue weighted by atomic mass is 9.67. The Hall–Kier alpha value is -1.24. The highest BCUT2D eigenvalue weighted by atomic mass is 16.5. The molecule has 0 radical (unpaired) electrons. The van der Waals surface area contributed by atoms with Crippen molar-refractivity contribution in [1.29, 1.82) is 0 Å². The van der Waals surface area contributed by atoms with E-state index in [0.29, 0.717) is 11.8 Å². The summed E-state index contributed by atoms with van der Waals surface area (Å²) in [5, 5.41) is 12.1. The van der Waals surface area contributed by atoms with Gasteiger partial charge in [0.1, 0.15) is 0 Å². The van der Waals surface area contributed by atoms with Crippen LogP contribution < -0.4 is 11.0 Å². The molecular formula is C26H47N3O3. The van der Waals surface area contributed by atoms with E-state index in [2.05, 4.69) is 69.8 Å². The van der Waals surface area contributed by atoms with Crippen LogP contribution in [0, 0.1) is 17.3 Å². The summed E-state index contributed by atoms with van der Waals surface area (Å²) in [6.45, 7) is 16.0. The second-order valence-corrected chi connectivity index (χ2v) is 11.2. The number of nitrogens with zero attached hydrogens (tertiary/aromatic N) is 1. The molecule has 0 bridgehead atoms. The Kier molecular flexibility index (Phi) is 7.89. The van der Waals surface area contributed by atoms with E-state index in [9.17, 15) is 5.11 Å². The van der Waals surface area contributed by atoms with Gasteiger partial charge in [0.25, 0.3) is 0 Å². The molecule has 1 saturated heterocycles. The van der Waals surface area contributed by atoms with Gasteiger partial charge in [-0.15, -0.1) is 5.53 Å². The lowest BCUT2D eigenvalue weighted by molar-refractivity contribution is -0.0546. The molecule has 1 saturated carbocycles. The van der Waals surface area contributed by atoms with E-state index >= 15 is 0 Å². The first-order valence-electron chi connectivity index (χ1n) is 12.7. The molecule has 2 fully saturated rings. The Morgan fingerprint density at radius 3 is 2.50 bits per heavy atom. The summed E-state index contributed by atoms with van der Waals surface area (Å²) in [6, 6.07) is 0. The summed E-state index contributed by atoms with van der Waals surface area (Å²) in [5.74, 6) is 1.79. The average molecular weight is 450 g/mol. The zero-order chi connectivity index (χ0) is 23.6. The minimum atomic E-state index is -0.295. The topological polar surface area (TPSA) is 66.0 Å². The average Bonchev–Trinajstić information content (AvgIpc) is 3.37. The molecule has 6 heteroatoms. The summed E-state index contributed by atoms with van der Waals surface area (Å²) in [4.78, 5) is 0. The first kappa shape index (κ1) is 25.4. The van der Waals surface area contributed by atoms with Gasteiger partial charge in [-0.05, 0) is 91.1 Å². The lowest BCUT2D eigenvalue weighted by Crippen LogP contribution is -2.54. The predicted octanol–water partition coefficient (Wildman–Crippen LogP) is 5.02. The van der Waals surface area contributed by atoms with E-state index in [0.717, 1.165) is 44.5 Å². The molecule has 3 rings (SSSR count). The smallest absolute Gasteiger partial charge is 0.0946 e. The Labute approximate surface area is 195 Å². The van der Waals surface area contributed by atoms with Crippen LogP contribution in [0.5, 0.6) is 0 Å². The maximum atomic E-state index is 9.93. The van der Waals surface area contributed by atoms with Gasteiger partial charge in [0.05, 0.1) is 35.7 Å². The van der Waals surface area contributed by atoms with Gasteiger partial charge >= 0.3 is 0 Å². The fraction of sp³-hybridized carbons (Fsp3) is 0.846. The van der Waals surface area contributed by atoms with Gasteiger partial charge in [0.15, 0.2) is 0 Å². The Bertz CT molecular complexity index is 684. The van der Waals surface area contributed by atoms with Gasteiger partial charge in [-0.2, -0.15) is 0 Å². The highest BCUT2D eigenvalue weighted by molar-refractivity contribution is 5.06. The molecule has 0 aromatic carbocycles. The summed E-state index contributed by atoms with van der Waals surface area (Å²) in [7, 11) is 0. The fourth-order valence-electron chi connectivity index (χ4n) is 6.03. The maximum absolute atomic E-state index is 9.93. The van der Waals surface area contributed by atoms with E-state index in [1.165, 1.54) is 12.8 Å². The maximum Gasteiger partial charge on any atom is 0.0946 e. The van der Waals surface area contributed by atoms with Gasteiger partial charge in [-0.25, -0.2) is 0 Å². The number of aliphatic hydroxyl groups is 1. The van der Waals surface area contributed by atoms with Crippen molar-refractivity contribution < 1.29 is 14.6 Å². The molecule has 6 nitrogen and oxygen atoms in total. The minimum absolute atomic E-state index is 0.137. The van der Waals surface area contributed by atoms with Crippen LogP contribution in [0.25, 0.3) is 0 Å². The second-order valence-electron chi connectivity index (χ2n) is 11.2. The molecule has 184 valence electrons. The van der Waals surface area contributed by atoms with Crippen LogP contribution in [0.2, 0.25) is 0 Å². The Balaban J connectivity index is 1.58. The second kappa shape index (κ2) is 9.94. The Morgan fingerprint density at radius 2 is 1.97 bits per heavy atom. The largest absolute Gasteiger partial charge is 0.498 e. The highest BCUT2D eigenvalue weighted by Gasteiger charge is 2.49. The van der Waals surface area contributed by atoms with Crippen LogP contribution in [0.4, 0.5) is 0 Å². The van der Waals surface area contributed by atoms with Gasteiger partial charge in [-0.1, -0.05) is 13.8 Å². The van der Waals surface area contributed by atoms with E-state index in [4.69, 9.17) is 9.47 Å². The molecule has 5 atom stereocenters. The molecule has 3 N–H and O–H groups in total. The summed E-state index contributed by atoms with van der Waals surface area (Å²) < 4.78 is 13.0. The molecule has 1 unspecified atom stereocenters. The van der Waals surface area contributed by atoms with Crippen LogP contribution in [0.3, 0.4) is 0 Å². The van der Waals surface area contributed by atoms with Crippen molar-refractivity contribution in [2.24, 2.45) is 17.3 Å². The van der Waals surface area contributed by atoms with Gasteiger partial charge in [0.2, 0.25) is 0 Å². The van der Waals surface area contributed by atoms with Crippen molar-refractivity contribution in [2.45, 2.75) is 117 Å². The van der Waals surface area contributed by atoms with Gasteiger partial charge in [-0.3, -0.25) is 5.01 Å². The monoisotopic (exact) mass is 449 g/mol. The molecule has 2 aliphatic heterocycles. The number of hydrazine groups is 2. The normalized spacial score (nSPS) is 41.1. The SMILES string of the molecule is C/C=C(\C[C@@]1(C)O[C@H](C)[C@H](C[C@H](C)O)C1C)OCC1(CC)CCC(C)(N2C=CNN2)CC1. The van der Waals surface area contributed by atoms with E-state index < -0.39 is 0 Å². The number of rotatable bonds is 9. The Morgan fingerprint density at radius 1 is 1.28 bits per heavy atom. The molecule has 0 aromatic heterocycles. The zero-order valence-electron chi connectivity index (χ0n) is 21.4. The van der Waals surface area contributed by atoms with Crippen molar-refractivity contribution in [3.05, 3.63) is 24.2 Å². The van der Waals surface area contributed by atoms with E-state index in [1.807, 2.05) is 13.1 Å². The number of aliphatic hydroxyl groups excluding tert-OH is 1. The summed E-state index contributed by atoms with van der Waals surface area (Å²) in [5.41, 5.74) is 6.42. The third-order valence-electron chi connectivity index (χ3n) is 8.90. The van der Waals surface area contributed by atoms with Crippen molar-refractivity contribution in [3.8, 4) is 0 Å². The van der Waals surface area contributed by atoms with Crippen LogP contribution >= 0.6 is 0 Å². The molecule has 2 heterocycles. The molecule has 3 aliphatic rings. The lowest BCUT2D eigenvalue weighted by Gasteiger charge is -2.48. The number of hydrogen-bond donors (Lipinski definition) is 3. The standard InChI is InChI=1S/C26H47N3O3/c1-8-22(17-25(7)20(4)23(16-19(3)30)21(5)32-25)31-18-26(9-2)12-10-24(6,11-13-26)29-15-14-27-28-29/h8,14-15,19-21,23,27-28,30H,9-13,16-18H2,1-7H3/b22-8+/t19-,20?,21+,23+,24?,25+,26?/m0/s1. The first-order valence-corrected chi connectivity index (χ1v) is 12.7. The molecule has 0 amide bonds. The van der Waals surface area contributed by atoms with Gasteiger partial charge < -0.3 is 20.0 Å². The number of ether oxygens (including phenoxy) is 2. The van der Waals surface area contributed by atoms with Crippen LogP contribution in [0.1, 0.15) is 93.4 Å². The van der Waals surface area contributed by atoms with Gasteiger partial charge in [0, 0.05) is 24.2 Å². The third kappa shape index (κ3) is 5.28. The van der Waals surface area contributed by atoms with Crippen molar-refractivity contribution in [3.63, 3.8) is 0 Å². The number of nitrogens with one attached hydrogen (secondary N) is 2. The van der Waals surface area contributed by atoms with Crippen molar-refractivity contribution in [1.82, 2.24) is 16.0 Å².